The lowest BCUT2D eigenvalue weighted by Crippen LogP contribution is -2.30. The van der Waals surface area contributed by atoms with Crippen molar-refractivity contribution in [1.82, 2.24) is 0 Å². The zero-order chi connectivity index (χ0) is 45.8. The van der Waals surface area contributed by atoms with Gasteiger partial charge in [-0.2, -0.15) is 0 Å². The van der Waals surface area contributed by atoms with Crippen LogP contribution in [0.1, 0.15) is 278 Å². The number of esters is 3. The Balaban J connectivity index is 4.38. The summed E-state index contributed by atoms with van der Waals surface area (Å²) in [5.41, 5.74) is 0. The molecule has 63 heavy (non-hydrogen) atoms. The van der Waals surface area contributed by atoms with Crippen LogP contribution in [0.4, 0.5) is 0 Å². The summed E-state index contributed by atoms with van der Waals surface area (Å²) in [4.78, 5) is 38.0. The summed E-state index contributed by atoms with van der Waals surface area (Å²) in [5.74, 6) is -0.905. The Morgan fingerprint density at radius 1 is 0.333 bits per heavy atom. The molecule has 0 aromatic heterocycles. The molecule has 1 atom stereocenters. The maximum absolute atomic E-state index is 12.8. The van der Waals surface area contributed by atoms with Crippen molar-refractivity contribution >= 4 is 17.9 Å². The number of ether oxygens (including phenoxy) is 3. The van der Waals surface area contributed by atoms with E-state index in [9.17, 15) is 14.4 Å². The van der Waals surface area contributed by atoms with Gasteiger partial charge in [0.15, 0.2) is 6.10 Å². The third kappa shape index (κ3) is 50.2. The molecule has 6 nitrogen and oxygen atoms in total. The number of carbonyl (C=O) groups is 3. The third-order valence-corrected chi connectivity index (χ3v) is 11.8. The number of carbonyl (C=O) groups excluding carboxylic acids is 3. The van der Waals surface area contributed by atoms with Crippen LogP contribution in [0.5, 0.6) is 0 Å². The fourth-order valence-electron chi connectivity index (χ4n) is 7.75. The van der Waals surface area contributed by atoms with Gasteiger partial charge in [-0.15, -0.1) is 0 Å². The molecule has 0 aromatic rings. The van der Waals surface area contributed by atoms with Crippen molar-refractivity contribution < 1.29 is 28.6 Å². The highest BCUT2D eigenvalue weighted by atomic mass is 16.6. The van der Waals surface area contributed by atoms with Crippen LogP contribution < -0.4 is 0 Å². The molecule has 0 radical (unpaired) electrons. The first kappa shape index (κ1) is 60.4. The van der Waals surface area contributed by atoms with Crippen LogP contribution in [0.15, 0.2) is 48.6 Å². The minimum atomic E-state index is -0.783. The quantitative estimate of drug-likeness (QED) is 0.0262. The van der Waals surface area contributed by atoms with Crippen molar-refractivity contribution in [2.75, 3.05) is 13.2 Å². The predicted molar refractivity (Wildman–Crippen MR) is 270 cm³/mol. The molecule has 0 aliphatic heterocycles. The van der Waals surface area contributed by atoms with E-state index >= 15 is 0 Å². The monoisotopic (exact) mass is 883 g/mol. The van der Waals surface area contributed by atoms with Crippen LogP contribution in [0.25, 0.3) is 0 Å². The summed E-state index contributed by atoms with van der Waals surface area (Å²) < 4.78 is 16.8. The first-order valence-corrected chi connectivity index (χ1v) is 27.1. The molecule has 0 bridgehead atoms. The molecular weight excluding hydrogens is 781 g/mol. The fourth-order valence-corrected chi connectivity index (χ4v) is 7.75. The van der Waals surface area contributed by atoms with E-state index < -0.39 is 6.10 Å². The van der Waals surface area contributed by atoms with Gasteiger partial charge in [0.25, 0.3) is 0 Å². The number of hydrogen-bond acceptors (Lipinski definition) is 6. The molecule has 0 aromatic carbocycles. The molecular formula is C57H102O6. The second kappa shape index (κ2) is 52.0. The van der Waals surface area contributed by atoms with Crippen molar-refractivity contribution in [1.29, 1.82) is 0 Å². The molecule has 0 saturated heterocycles. The predicted octanol–water partition coefficient (Wildman–Crippen LogP) is 17.9. The van der Waals surface area contributed by atoms with Crippen LogP contribution in [0, 0.1) is 0 Å². The molecule has 366 valence electrons. The van der Waals surface area contributed by atoms with Crippen LogP contribution in [-0.4, -0.2) is 37.2 Å². The number of unbranched alkanes of at least 4 members (excludes halogenated alkanes) is 30. The van der Waals surface area contributed by atoms with Crippen molar-refractivity contribution in [3.05, 3.63) is 48.6 Å². The van der Waals surface area contributed by atoms with E-state index in [4.69, 9.17) is 14.2 Å². The molecule has 6 heteroatoms. The van der Waals surface area contributed by atoms with Gasteiger partial charge in [0, 0.05) is 19.3 Å². The highest BCUT2D eigenvalue weighted by molar-refractivity contribution is 5.71. The molecule has 0 amide bonds. The first-order chi connectivity index (χ1) is 31.0. The third-order valence-electron chi connectivity index (χ3n) is 11.8. The molecule has 1 unspecified atom stereocenters. The summed E-state index contributed by atoms with van der Waals surface area (Å²) in [7, 11) is 0. The van der Waals surface area contributed by atoms with E-state index in [0.29, 0.717) is 19.3 Å². The van der Waals surface area contributed by atoms with Gasteiger partial charge in [-0.3, -0.25) is 14.4 Å². The summed E-state index contributed by atoms with van der Waals surface area (Å²) in [5, 5.41) is 0. The van der Waals surface area contributed by atoms with E-state index in [-0.39, 0.29) is 31.1 Å². The van der Waals surface area contributed by atoms with Crippen molar-refractivity contribution in [3.63, 3.8) is 0 Å². The van der Waals surface area contributed by atoms with E-state index in [0.717, 1.165) is 83.5 Å². The van der Waals surface area contributed by atoms with Crippen molar-refractivity contribution in [2.24, 2.45) is 0 Å². The Morgan fingerprint density at radius 3 is 1.00 bits per heavy atom. The lowest BCUT2D eigenvalue weighted by atomic mass is 10.0. The van der Waals surface area contributed by atoms with Crippen LogP contribution in [0.2, 0.25) is 0 Å². The Kier molecular flexibility index (Phi) is 49.8. The van der Waals surface area contributed by atoms with Gasteiger partial charge < -0.3 is 14.2 Å². The molecule has 0 rings (SSSR count). The van der Waals surface area contributed by atoms with Crippen LogP contribution in [0.3, 0.4) is 0 Å². The maximum atomic E-state index is 12.8. The minimum absolute atomic E-state index is 0.0823. The lowest BCUT2D eigenvalue weighted by molar-refractivity contribution is -0.167. The zero-order valence-electron chi connectivity index (χ0n) is 41.8. The van der Waals surface area contributed by atoms with E-state index in [2.05, 4.69) is 69.4 Å². The molecule has 0 heterocycles. The topological polar surface area (TPSA) is 78.9 Å². The Labute approximate surface area is 390 Å². The standard InChI is InChI=1S/C57H102O6/c1-4-7-10-13-16-19-22-25-27-28-30-32-35-38-41-44-47-50-56(59)62-53-54(52-61-55(58)49-46-43-40-37-34-31-24-21-18-15-12-9-6-3)63-57(60)51-48-45-42-39-36-33-29-26-23-20-17-14-11-8-5-2/h9,12,18,21,25,27,31,34,54H,4-8,10-11,13-17,19-20,22-24,26,28-30,32-33,35-53H2,1-3H3/b12-9-,21-18-,27-25-,34-31-. The molecule has 0 aliphatic carbocycles. The van der Waals surface area contributed by atoms with Crippen LogP contribution >= 0.6 is 0 Å². The SMILES string of the molecule is CC/C=C\C/C=C\C/C=C\CCCCCC(=O)OCC(COC(=O)CCCCCCCCC/C=C\CCCCCCCC)OC(=O)CCCCCCCCCCCCCCCCC. The van der Waals surface area contributed by atoms with Gasteiger partial charge in [-0.05, 0) is 77.0 Å². The first-order valence-electron chi connectivity index (χ1n) is 27.1. The van der Waals surface area contributed by atoms with Gasteiger partial charge in [0.2, 0.25) is 0 Å². The number of hydrogen-bond donors (Lipinski definition) is 0. The van der Waals surface area contributed by atoms with E-state index in [1.807, 2.05) is 0 Å². The van der Waals surface area contributed by atoms with Crippen molar-refractivity contribution in [2.45, 2.75) is 284 Å². The Bertz CT molecular complexity index is 1110. The molecule has 0 fully saturated rings. The summed E-state index contributed by atoms with van der Waals surface area (Å²) in [6.07, 6.45) is 62.4. The average molecular weight is 883 g/mol. The average Bonchev–Trinajstić information content (AvgIpc) is 3.28. The number of rotatable bonds is 49. The molecule has 0 saturated carbocycles. The Morgan fingerprint density at radius 2 is 0.619 bits per heavy atom. The smallest absolute Gasteiger partial charge is 0.306 e. The van der Waals surface area contributed by atoms with Gasteiger partial charge in [0.1, 0.15) is 13.2 Å². The second-order valence-corrected chi connectivity index (χ2v) is 18.1. The summed E-state index contributed by atoms with van der Waals surface area (Å²) in [6, 6.07) is 0. The second-order valence-electron chi connectivity index (χ2n) is 18.1. The van der Waals surface area contributed by atoms with E-state index in [1.165, 1.54) is 154 Å². The molecule has 0 spiro atoms. The maximum Gasteiger partial charge on any atom is 0.306 e. The summed E-state index contributed by atoms with van der Waals surface area (Å²) >= 11 is 0. The highest BCUT2D eigenvalue weighted by Gasteiger charge is 2.19. The fraction of sp³-hybridized carbons (Fsp3) is 0.807. The van der Waals surface area contributed by atoms with E-state index in [1.54, 1.807) is 0 Å². The van der Waals surface area contributed by atoms with Gasteiger partial charge in [-0.1, -0.05) is 230 Å². The van der Waals surface area contributed by atoms with Gasteiger partial charge in [0.05, 0.1) is 0 Å². The van der Waals surface area contributed by atoms with Crippen LogP contribution in [-0.2, 0) is 28.6 Å². The molecule has 0 N–H and O–H groups in total. The van der Waals surface area contributed by atoms with Crippen molar-refractivity contribution in [3.8, 4) is 0 Å². The van der Waals surface area contributed by atoms with Gasteiger partial charge >= 0.3 is 17.9 Å². The Hall–Kier alpha value is -2.63. The minimum Gasteiger partial charge on any atom is -0.462 e. The highest BCUT2D eigenvalue weighted by Crippen LogP contribution is 2.16. The summed E-state index contributed by atoms with van der Waals surface area (Å²) in [6.45, 7) is 6.52. The van der Waals surface area contributed by atoms with Gasteiger partial charge in [-0.25, -0.2) is 0 Å². The lowest BCUT2D eigenvalue weighted by Gasteiger charge is -2.18. The normalized spacial score (nSPS) is 12.4. The largest absolute Gasteiger partial charge is 0.462 e. The zero-order valence-corrected chi connectivity index (χ0v) is 41.8. The molecule has 0 aliphatic rings. The number of allylic oxidation sites excluding steroid dienone is 8.